The number of hydrogen-bond donors (Lipinski definition) is 2. The van der Waals surface area contributed by atoms with Crippen molar-refractivity contribution in [2.24, 2.45) is 0 Å². The number of aliphatic carboxylic acids is 1. The third-order valence-corrected chi connectivity index (χ3v) is 2.72. The molecule has 25 heavy (non-hydrogen) atoms. The van der Waals surface area contributed by atoms with Crippen molar-refractivity contribution in [2.45, 2.75) is 50.2 Å². The first-order chi connectivity index (χ1) is 11.2. The van der Waals surface area contributed by atoms with Crippen molar-refractivity contribution in [3.8, 4) is 0 Å². The number of rotatable bonds is 9. The molecule has 0 aliphatic rings. The lowest BCUT2D eigenvalue weighted by Crippen LogP contribution is -2.61. The van der Waals surface area contributed by atoms with Crippen molar-refractivity contribution < 1.29 is 55.0 Å². The normalized spacial score (nSPS) is 13.9. The zero-order valence-corrected chi connectivity index (χ0v) is 12.6. The molecule has 146 valence electrons. The van der Waals surface area contributed by atoms with Gasteiger partial charge in [0.25, 0.3) is 5.91 Å². The molecule has 0 aromatic heterocycles. The molecule has 0 fully saturated rings. The lowest BCUT2D eigenvalue weighted by molar-refractivity contribution is -0.344. The number of nitrogens with one attached hydrogen (secondary N) is 1. The summed E-state index contributed by atoms with van der Waals surface area (Å²) in [6.07, 6.45) is -8.20. The minimum atomic E-state index is -6.73. The number of esters is 1. The van der Waals surface area contributed by atoms with Crippen molar-refractivity contribution in [2.75, 3.05) is 6.61 Å². The summed E-state index contributed by atoms with van der Waals surface area (Å²) in [6, 6.07) is -2.13. The highest BCUT2D eigenvalue weighted by molar-refractivity contribution is 5.89. The van der Waals surface area contributed by atoms with Gasteiger partial charge in [-0.3, -0.25) is 9.59 Å². The highest BCUT2D eigenvalue weighted by atomic mass is 19.4. The van der Waals surface area contributed by atoms with Crippen molar-refractivity contribution in [3.63, 3.8) is 0 Å². The van der Waals surface area contributed by atoms with Crippen LogP contribution in [0.4, 0.5) is 30.7 Å². The number of halogens is 7. The number of ether oxygens (including phenoxy) is 1. The van der Waals surface area contributed by atoms with Gasteiger partial charge in [-0.15, -0.1) is 0 Å². The van der Waals surface area contributed by atoms with Gasteiger partial charge in [0.1, 0.15) is 6.04 Å². The largest absolute Gasteiger partial charge is 0.481 e. The summed E-state index contributed by atoms with van der Waals surface area (Å²) < 4.78 is 92.5. The van der Waals surface area contributed by atoms with Gasteiger partial charge >= 0.3 is 30.0 Å². The lowest BCUT2D eigenvalue weighted by atomic mass is 10.1. The maximum absolute atomic E-state index is 13.2. The molecule has 0 spiro atoms. The van der Waals surface area contributed by atoms with Crippen LogP contribution in [0, 0.1) is 0 Å². The third-order valence-electron chi connectivity index (χ3n) is 2.72. The Morgan fingerprint density at radius 2 is 1.60 bits per heavy atom. The van der Waals surface area contributed by atoms with E-state index in [1.807, 2.05) is 0 Å². The molecule has 0 aromatic carbocycles. The second kappa shape index (κ2) is 8.34. The molecule has 0 saturated carbocycles. The van der Waals surface area contributed by atoms with Gasteiger partial charge in [-0.1, -0.05) is 6.92 Å². The second-order valence-corrected chi connectivity index (χ2v) is 4.77. The van der Waals surface area contributed by atoms with Crippen LogP contribution in [-0.4, -0.2) is 53.6 Å². The second-order valence-electron chi connectivity index (χ2n) is 4.77. The Bertz CT molecular complexity index is 507. The van der Waals surface area contributed by atoms with E-state index < -0.39 is 54.8 Å². The van der Waals surface area contributed by atoms with Crippen LogP contribution in [0.25, 0.3) is 0 Å². The van der Waals surface area contributed by atoms with E-state index in [1.54, 1.807) is 0 Å². The lowest BCUT2D eigenvalue weighted by Gasteiger charge is -2.28. The molecule has 0 rings (SSSR count). The Balaban J connectivity index is 5.35. The molecule has 1 amide bonds. The first-order valence-corrected chi connectivity index (χ1v) is 6.70. The number of hydrogen-bond acceptors (Lipinski definition) is 4. The fraction of sp³-hybridized carbons (Fsp3) is 0.750. The highest BCUT2D eigenvalue weighted by Gasteiger charge is 2.76. The van der Waals surface area contributed by atoms with E-state index in [0.29, 0.717) is 0 Å². The smallest absolute Gasteiger partial charge is 0.460 e. The number of carboxylic acid groups (broad SMARTS) is 1. The zero-order chi connectivity index (χ0) is 20.1. The van der Waals surface area contributed by atoms with Crippen molar-refractivity contribution in [1.82, 2.24) is 5.32 Å². The molecular formula is C12H14F7NO5. The summed E-state index contributed by atoms with van der Waals surface area (Å²) in [4.78, 5) is 33.2. The number of amides is 1. The molecule has 1 unspecified atom stereocenters. The number of alkyl halides is 7. The van der Waals surface area contributed by atoms with Crippen molar-refractivity contribution in [1.29, 1.82) is 0 Å². The molecule has 2 N–H and O–H groups in total. The van der Waals surface area contributed by atoms with Gasteiger partial charge in [0.2, 0.25) is 0 Å². The predicted octanol–water partition coefficient (Wildman–Crippen LogP) is 2.12. The fourth-order valence-electron chi connectivity index (χ4n) is 1.39. The number of carbonyl (C=O) groups excluding carboxylic acids is 2. The monoisotopic (exact) mass is 385 g/mol. The molecular weight excluding hydrogens is 371 g/mol. The maximum Gasteiger partial charge on any atom is 0.460 e. The van der Waals surface area contributed by atoms with Gasteiger partial charge < -0.3 is 15.2 Å². The quantitative estimate of drug-likeness (QED) is 0.469. The van der Waals surface area contributed by atoms with E-state index in [9.17, 15) is 45.1 Å². The van der Waals surface area contributed by atoms with E-state index in [1.165, 1.54) is 6.92 Å². The average molecular weight is 385 g/mol. The van der Waals surface area contributed by atoms with Gasteiger partial charge in [0.15, 0.2) is 0 Å². The van der Waals surface area contributed by atoms with Crippen LogP contribution >= 0.6 is 0 Å². The molecule has 0 aliphatic carbocycles. The fourth-order valence-corrected chi connectivity index (χ4v) is 1.39. The maximum atomic E-state index is 13.2. The standard InChI is InChI=1S/C12H14F7NO5/c1-2-5-25-8(23)6(3-4-7(21)22)20-9(24)10(13,14)11(15,16)12(17,18)19/h6H,2-5H2,1H3,(H,20,24)(H,21,22). The molecule has 1 atom stereocenters. The third kappa shape index (κ3) is 5.74. The van der Waals surface area contributed by atoms with Crippen molar-refractivity contribution >= 4 is 17.8 Å². The summed E-state index contributed by atoms with van der Waals surface area (Å²) in [5, 5.41) is 9.46. The Morgan fingerprint density at radius 3 is 2.00 bits per heavy atom. The summed E-state index contributed by atoms with van der Waals surface area (Å²) in [5.74, 6) is -19.0. The van der Waals surface area contributed by atoms with E-state index in [4.69, 9.17) is 5.11 Å². The number of carboxylic acids is 1. The molecule has 0 radical (unpaired) electrons. The highest BCUT2D eigenvalue weighted by Crippen LogP contribution is 2.46. The first-order valence-electron chi connectivity index (χ1n) is 6.70. The van der Waals surface area contributed by atoms with Crippen LogP contribution in [0.3, 0.4) is 0 Å². The van der Waals surface area contributed by atoms with Gasteiger partial charge in [-0.25, -0.2) is 4.79 Å². The van der Waals surface area contributed by atoms with Crippen LogP contribution < -0.4 is 5.32 Å². The van der Waals surface area contributed by atoms with E-state index >= 15 is 0 Å². The Kier molecular flexibility index (Phi) is 7.64. The topological polar surface area (TPSA) is 92.7 Å². The van der Waals surface area contributed by atoms with Crippen LogP contribution in [0.5, 0.6) is 0 Å². The van der Waals surface area contributed by atoms with Crippen molar-refractivity contribution in [3.05, 3.63) is 0 Å². The minimum absolute atomic E-state index is 0.244. The molecule has 0 bridgehead atoms. The van der Waals surface area contributed by atoms with E-state index in [0.717, 1.165) is 5.32 Å². The van der Waals surface area contributed by atoms with Gasteiger partial charge in [0.05, 0.1) is 6.61 Å². The Hall–Kier alpha value is -2.08. The summed E-state index contributed by atoms with van der Waals surface area (Å²) in [7, 11) is 0. The van der Waals surface area contributed by atoms with Gasteiger partial charge in [-0.05, 0) is 12.8 Å². The van der Waals surface area contributed by atoms with Crippen LogP contribution in [0.15, 0.2) is 0 Å². The molecule has 0 aliphatic heterocycles. The zero-order valence-electron chi connectivity index (χ0n) is 12.6. The molecule has 6 nitrogen and oxygen atoms in total. The summed E-state index contributed by atoms with van der Waals surface area (Å²) >= 11 is 0. The van der Waals surface area contributed by atoms with Gasteiger partial charge in [-0.2, -0.15) is 30.7 Å². The van der Waals surface area contributed by atoms with Crippen LogP contribution in [-0.2, 0) is 19.1 Å². The average Bonchev–Trinajstić information content (AvgIpc) is 2.46. The van der Waals surface area contributed by atoms with Crippen LogP contribution in [0.1, 0.15) is 26.2 Å². The molecule has 0 saturated heterocycles. The first kappa shape index (κ1) is 22.9. The molecule has 0 aromatic rings. The predicted molar refractivity (Wildman–Crippen MR) is 66.0 cm³/mol. The van der Waals surface area contributed by atoms with E-state index in [-0.39, 0.29) is 13.0 Å². The summed E-state index contributed by atoms with van der Waals surface area (Å²) in [5.41, 5.74) is 0. The summed E-state index contributed by atoms with van der Waals surface area (Å²) in [6.45, 7) is 1.25. The SMILES string of the molecule is CCCOC(=O)C(CCC(=O)O)NC(=O)C(F)(F)C(F)(F)C(F)(F)F. The molecule has 13 heteroatoms. The van der Waals surface area contributed by atoms with E-state index in [2.05, 4.69) is 4.74 Å². The van der Waals surface area contributed by atoms with Gasteiger partial charge in [0, 0.05) is 6.42 Å². The Labute approximate surface area is 136 Å². The Morgan fingerprint density at radius 1 is 1.08 bits per heavy atom. The minimum Gasteiger partial charge on any atom is -0.481 e. The van der Waals surface area contributed by atoms with Crippen LogP contribution in [0.2, 0.25) is 0 Å². The molecule has 0 heterocycles. The number of carbonyl (C=O) groups is 3.